The van der Waals surface area contributed by atoms with Crippen molar-refractivity contribution in [3.63, 3.8) is 0 Å². The minimum Gasteiger partial charge on any atom is -0.508 e. The average Bonchev–Trinajstić information content (AvgIpc) is 3.37. The molecule has 3 aromatic carbocycles. The molecule has 0 atom stereocenters. The molecule has 4 rings (SSSR count). The van der Waals surface area contributed by atoms with Crippen molar-refractivity contribution in [3.8, 4) is 17.2 Å². The number of amides is 1. The minimum absolute atomic E-state index is 0.00732. The third kappa shape index (κ3) is 6.42. The van der Waals surface area contributed by atoms with Gasteiger partial charge in [-0.25, -0.2) is 0 Å². The summed E-state index contributed by atoms with van der Waals surface area (Å²) in [6, 6.07) is 18.7. The van der Waals surface area contributed by atoms with Crippen LogP contribution in [0.15, 0.2) is 88.5 Å². The second-order valence-corrected chi connectivity index (χ2v) is 8.31. The number of hydrogen-bond acceptors (Lipinski definition) is 9. The number of nitro groups is 1. The maximum atomic E-state index is 12.4. The van der Waals surface area contributed by atoms with Gasteiger partial charge < -0.3 is 14.8 Å². The molecule has 180 valence electrons. The summed E-state index contributed by atoms with van der Waals surface area (Å²) in [5, 5.41) is 30.8. The Morgan fingerprint density at radius 1 is 1.06 bits per heavy atom. The van der Waals surface area contributed by atoms with Gasteiger partial charge in [-0.15, -0.1) is 10.2 Å². The summed E-state index contributed by atoms with van der Waals surface area (Å²) >= 11 is 1.02. The molecule has 0 saturated heterocycles. The molecule has 1 amide bonds. The van der Waals surface area contributed by atoms with E-state index in [0.717, 1.165) is 17.3 Å². The molecule has 0 spiro atoms. The van der Waals surface area contributed by atoms with Gasteiger partial charge in [0.25, 0.3) is 10.9 Å². The van der Waals surface area contributed by atoms with E-state index < -0.39 is 4.92 Å². The van der Waals surface area contributed by atoms with E-state index in [1.165, 1.54) is 36.4 Å². The lowest BCUT2D eigenvalue weighted by molar-refractivity contribution is -0.384. The number of aromatic nitrogens is 2. The largest absolute Gasteiger partial charge is 0.508 e. The van der Waals surface area contributed by atoms with Crippen molar-refractivity contribution in [1.82, 2.24) is 10.2 Å². The first-order chi connectivity index (χ1) is 17.4. The number of phenolic OH excluding ortho intramolecular Hbond substituents is 1. The van der Waals surface area contributed by atoms with E-state index >= 15 is 0 Å². The highest BCUT2D eigenvalue weighted by atomic mass is 32.2. The number of carbonyl (C=O) groups is 2. The molecule has 0 aliphatic carbocycles. The number of carbonyl (C=O) groups excluding carboxylic acids is 2. The van der Waals surface area contributed by atoms with Crippen LogP contribution in [-0.4, -0.2) is 37.7 Å². The Labute approximate surface area is 208 Å². The highest BCUT2D eigenvalue weighted by Gasteiger charge is 2.14. The standard InChI is InChI=1S/C25H18N4O6S/c30-21-11-4-16(5-12-21)6-13-22(31)17-7-9-19(10-8-17)26-23(32)15-36-25-28-27-24(35-25)18-2-1-3-20(14-18)29(33)34/h1-14,30H,15H2,(H,26,32)/b13-6-. The number of thioether (sulfide) groups is 1. The van der Waals surface area contributed by atoms with Crippen molar-refractivity contribution < 1.29 is 24.0 Å². The number of nitrogens with zero attached hydrogens (tertiary/aromatic N) is 3. The van der Waals surface area contributed by atoms with Crippen LogP contribution in [0.5, 0.6) is 5.75 Å². The Hall–Kier alpha value is -4.77. The van der Waals surface area contributed by atoms with Crippen molar-refractivity contribution in [2.45, 2.75) is 5.22 Å². The molecule has 36 heavy (non-hydrogen) atoms. The maximum absolute atomic E-state index is 12.4. The summed E-state index contributed by atoms with van der Waals surface area (Å²) in [6.07, 6.45) is 3.08. The predicted octanol–water partition coefficient (Wildman–Crippen LogP) is 4.98. The molecule has 0 fully saturated rings. The van der Waals surface area contributed by atoms with Crippen molar-refractivity contribution >= 4 is 40.9 Å². The van der Waals surface area contributed by atoms with Crippen molar-refractivity contribution in [1.29, 1.82) is 0 Å². The van der Waals surface area contributed by atoms with Gasteiger partial charge in [0.15, 0.2) is 5.78 Å². The zero-order valence-corrected chi connectivity index (χ0v) is 19.3. The summed E-state index contributed by atoms with van der Waals surface area (Å²) in [4.78, 5) is 35.1. The molecule has 0 aliphatic heterocycles. The zero-order chi connectivity index (χ0) is 25.5. The summed E-state index contributed by atoms with van der Waals surface area (Å²) in [5.41, 5.74) is 2.06. The molecule has 0 unspecified atom stereocenters. The number of phenols is 1. The first kappa shape index (κ1) is 24.4. The number of benzene rings is 3. The molecule has 0 bridgehead atoms. The van der Waals surface area contributed by atoms with E-state index in [1.807, 2.05) is 0 Å². The maximum Gasteiger partial charge on any atom is 0.277 e. The molecule has 1 aromatic heterocycles. The van der Waals surface area contributed by atoms with Crippen LogP contribution in [0.4, 0.5) is 11.4 Å². The van der Waals surface area contributed by atoms with E-state index in [-0.39, 0.29) is 40.0 Å². The van der Waals surface area contributed by atoms with Crippen molar-refractivity contribution in [3.05, 3.63) is 100 Å². The Balaban J connectivity index is 1.29. The molecule has 2 N–H and O–H groups in total. The van der Waals surface area contributed by atoms with Gasteiger partial charge in [0.1, 0.15) is 5.75 Å². The van der Waals surface area contributed by atoms with Crippen LogP contribution in [0.2, 0.25) is 0 Å². The molecular weight excluding hydrogens is 484 g/mol. The van der Waals surface area contributed by atoms with Gasteiger partial charge in [-0.2, -0.15) is 0 Å². The first-order valence-corrected chi connectivity index (χ1v) is 11.5. The van der Waals surface area contributed by atoms with Crippen LogP contribution < -0.4 is 5.32 Å². The van der Waals surface area contributed by atoms with Crippen molar-refractivity contribution in [2.24, 2.45) is 0 Å². The van der Waals surface area contributed by atoms with Gasteiger partial charge in [-0.3, -0.25) is 19.7 Å². The van der Waals surface area contributed by atoms with Crippen LogP contribution in [0.1, 0.15) is 15.9 Å². The van der Waals surface area contributed by atoms with Gasteiger partial charge >= 0.3 is 0 Å². The molecule has 4 aromatic rings. The molecule has 0 saturated carbocycles. The van der Waals surface area contributed by atoms with E-state index in [9.17, 15) is 24.8 Å². The summed E-state index contributed by atoms with van der Waals surface area (Å²) < 4.78 is 5.49. The molecule has 0 radical (unpaired) electrons. The van der Waals surface area contributed by atoms with Crippen LogP contribution in [-0.2, 0) is 4.79 Å². The smallest absolute Gasteiger partial charge is 0.277 e. The fraction of sp³-hybridized carbons (Fsp3) is 0.0400. The van der Waals surface area contributed by atoms with Crippen LogP contribution in [0.25, 0.3) is 17.5 Å². The molecule has 0 aliphatic rings. The molecule has 10 nitrogen and oxygen atoms in total. The summed E-state index contributed by atoms with van der Waals surface area (Å²) in [5.74, 6) is -0.265. The number of nitrogens with one attached hydrogen (secondary N) is 1. The number of anilines is 1. The van der Waals surface area contributed by atoms with E-state index in [1.54, 1.807) is 48.5 Å². The van der Waals surface area contributed by atoms with E-state index in [4.69, 9.17) is 4.42 Å². The molecule has 11 heteroatoms. The van der Waals surface area contributed by atoms with Gasteiger partial charge in [0.05, 0.1) is 10.7 Å². The Kier molecular flexibility index (Phi) is 7.51. The SMILES string of the molecule is O=C(CSc1nnc(-c2cccc([N+](=O)[O-])c2)o1)Nc1ccc(C(=O)/C=C\c2ccc(O)cc2)cc1. The topological polar surface area (TPSA) is 148 Å². The number of rotatable bonds is 9. The van der Waals surface area contributed by atoms with E-state index in [2.05, 4.69) is 15.5 Å². The average molecular weight is 503 g/mol. The zero-order valence-electron chi connectivity index (χ0n) is 18.5. The van der Waals surface area contributed by atoms with E-state index in [0.29, 0.717) is 16.8 Å². The van der Waals surface area contributed by atoms with Crippen LogP contribution in [0, 0.1) is 10.1 Å². The number of hydrogen-bond donors (Lipinski definition) is 2. The molecular formula is C25H18N4O6S. The van der Waals surface area contributed by atoms with Crippen LogP contribution >= 0.6 is 11.8 Å². The molecule has 1 heterocycles. The Bertz CT molecular complexity index is 1430. The first-order valence-electron chi connectivity index (χ1n) is 10.5. The quantitative estimate of drug-likeness (QED) is 0.106. The third-order valence-electron chi connectivity index (χ3n) is 4.81. The monoisotopic (exact) mass is 502 g/mol. The number of non-ortho nitro benzene ring substituents is 1. The summed E-state index contributed by atoms with van der Waals surface area (Å²) in [6.45, 7) is 0. The van der Waals surface area contributed by atoms with Gasteiger partial charge in [0.2, 0.25) is 11.8 Å². The lowest BCUT2D eigenvalue weighted by Crippen LogP contribution is -2.14. The minimum atomic E-state index is -0.517. The van der Waals surface area contributed by atoms with Crippen molar-refractivity contribution in [2.75, 3.05) is 11.1 Å². The predicted molar refractivity (Wildman–Crippen MR) is 134 cm³/mol. The normalized spacial score (nSPS) is 10.9. The third-order valence-corrected chi connectivity index (χ3v) is 5.63. The highest BCUT2D eigenvalue weighted by molar-refractivity contribution is 7.99. The second-order valence-electron chi connectivity index (χ2n) is 7.38. The lowest BCUT2D eigenvalue weighted by atomic mass is 10.1. The Morgan fingerprint density at radius 3 is 2.53 bits per heavy atom. The van der Waals surface area contributed by atoms with Gasteiger partial charge in [-0.05, 0) is 54.1 Å². The fourth-order valence-electron chi connectivity index (χ4n) is 3.03. The highest BCUT2D eigenvalue weighted by Crippen LogP contribution is 2.26. The fourth-order valence-corrected chi connectivity index (χ4v) is 3.60. The summed E-state index contributed by atoms with van der Waals surface area (Å²) in [7, 11) is 0. The van der Waals surface area contributed by atoms with Gasteiger partial charge in [-0.1, -0.05) is 36.0 Å². The lowest BCUT2D eigenvalue weighted by Gasteiger charge is -2.05. The Morgan fingerprint density at radius 2 is 1.81 bits per heavy atom. The number of allylic oxidation sites excluding steroid dienone is 1. The van der Waals surface area contributed by atoms with Gasteiger partial charge in [0, 0.05) is 28.9 Å². The second kappa shape index (κ2) is 11.1. The van der Waals surface area contributed by atoms with Crippen LogP contribution in [0.3, 0.4) is 0 Å². The number of ketones is 1. The number of aromatic hydroxyl groups is 1. The number of nitro benzene ring substituents is 1.